The molecule has 0 aromatic heterocycles. The number of alkyl halides is 3. The average molecular weight is 172 g/mol. The topological polar surface area (TPSA) is 55.6 Å². The minimum atomic E-state index is -3.35. The van der Waals surface area contributed by atoms with Gasteiger partial charge in [-0.3, -0.25) is 0 Å². The Bertz CT molecular complexity index is 141. The number of nitrogens with two attached hydrogens (primary N) is 1. The second kappa shape index (κ2) is 4.02. The van der Waals surface area contributed by atoms with Gasteiger partial charge in [-0.2, -0.15) is 4.39 Å². The van der Waals surface area contributed by atoms with Crippen LogP contribution in [0, 0.1) is 0 Å². The molecule has 0 radical (unpaired) electrons. The van der Waals surface area contributed by atoms with Crippen LogP contribution < -0.4 is 5.84 Å². The van der Waals surface area contributed by atoms with Crippen molar-refractivity contribution < 1.29 is 22.7 Å². The number of hydrazine groups is 1. The Labute approximate surface area is 60.7 Å². The monoisotopic (exact) mass is 172 g/mol. The van der Waals surface area contributed by atoms with Crippen molar-refractivity contribution in [2.24, 2.45) is 5.84 Å². The summed E-state index contributed by atoms with van der Waals surface area (Å²) in [6, 6.07) is 0. The summed E-state index contributed by atoms with van der Waals surface area (Å²) < 4.78 is 38.1. The Morgan fingerprint density at radius 2 is 2.00 bits per heavy atom. The maximum absolute atomic E-state index is 11.9. The molecule has 0 bridgehead atoms. The molecule has 7 heteroatoms. The van der Waals surface area contributed by atoms with Crippen molar-refractivity contribution in [3.8, 4) is 0 Å². The number of nitrogens with zero attached hydrogens (tertiary/aromatic N) is 1. The third-order valence-corrected chi connectivity index (χ3v) is 0.699. The first-order valence-corrected chi connectivity index (χ1v) is 2.56. The molecule has 0 aliphatic rings. The summed E-state index contributed by atoms with van der Waals surface area (Å²) in [6.45, 7) is 0. The molecule has 0 spiro atoms. The second-order valence-electron chi connectivity index (χ2n) is 1.68. The number of amides is 1. The van der Waals surface area contributed by atoms with Gasteiger partial charge in [0.25, 0.3) is 0 Å². The van der Waals surface area contributed by atoms with Crippen molar-refractivity contribution in [3.63, 3.8) is 0 Å². The molecule has 1 amide bonds. The third kappa shape index (κ3) is 3.66. The summed E-state index contributed by atoms with van der Waals surface area (Å²) >= 11 is 0. The molecule has 0 saturated carbocycles. The lowest BCUT2D eigenvalue weighted by molar-refractivity contribution is -0.0973. The minimum Gasteiger partial charge on any atom is -0.408 e. The Balaban J connectivity index is 3.76. The number of ether oxygens (including phenoxy) is 1. The van der Waals surface area contributed by atoms with E-state index in [1.54, 1.807) is 0 Å². The first-order valence-electron chi connectivity index (χ1n) is 2.56. The highest BCUT2D eigenvalue weighted by molar-refractivity contribution is 5.66. The molecule has 0 aliphatic carbocycles. The molecule has 1 unspecified atom stereocenters. The molecule has 1 atom stereocenters. The molecule has 0 heterocycles. The first kappa shape index (κ1) is 10.0. The predicted molar refractivity (Wildman–Crippen MR) is 29.3 cm³/mol. The zero-order valence-corrected chi connectivity index (χ0v) is 5.63. The van der Waals surface area contributed by atoms with Crippen LogP contribution in [-0.4, -0.2) is 30.9 Å². The summed E-state index contributed by atoms with van der Waals surface area (Å²) in [7, 11) is 1.04. The highest BCUT2D eigenvalue weighted by Crippen LogP contribution is 2.07. The number of carbonyl (C=O) groups excluding carboxylic acids is 1. The minimum absolute atomic E-state index is 0.356. The lowest BCUT2D eigenvalue weighted by Crippen LogP contribution is -2.36. The van der Waals surface area contributed by atoms with Gasteiger partial charge in [-0.25, -0.2) is 24.4 Å². The fourth-order valence-electron chi connectivity index (χ4n) is 0.231. The Hall–Kier alpha value is -0.980. The van der Waals surface area contributed by atoms with Crippen LogP contribution in [0.25, 0.3) is 0 Å². The van der Waals surface area contributed by atoms with Gasteiger partial charge in [-0.05, 0) is 0 Å². The van der Waals surface area contributed by atoms with E-state index in [1.807, 2.05) is 0 Å². The number of carbonyl (C=O) groups is 1. The fourth-order valence-corrected chi connectivity index (χ4v) is 0.231. The largest absolute Gasteiger partial charge is 0.426 e. The Kier molecular flexibility index (Phi) is 3.66. The van der Waals surface area contributed by atoms with E-state index in [9.17, 15) is 18.0 Å². The Morgan fingerprint density at radius 1 is 1.55 bits per heavy atom. The third-order valence-electron chi connectivity index (χ3n) is 0.699. The smallest absolute Gasteiger partial charge is 0.408 e. The molecule has 0 aliphatic heterocycles. The van der Waals surface area contributed by atoms with Gasteiger partial charge in [0.1, 0.15) is 0 Å². The van der Waals surface area contributed by atoms with Crippen molar-refractivity contribution in [1.29, 1.82) is 0 Å². The zero-order chi connectivity index (χ0) is 9.02. The van der Waals surface area contributed by atoms with Crippen LogP contribution in [-0.2, 0) is 4.74 Å². The summed E-state index contributed by atoms with van der Waals surface area (Å²) in [4.78, 5) is 10.3. The number of hydrogen-bond donors (Lipinski definition) is 1. The quantitative estimate of drug-likeness (QED) is 0.374. The highest BCUT2D eigenvalue weighted by atomic mass is 19.3. The van der Waals surface area contributed by atoms with E-state index in [1.165, 1.54) is 0 Å². The van der Waals surface area contributed by atoms with Crippen LogP contribution in [0.3, 0.4) is 0 Å². The lowest BCUT2D eigenvalue weighted by Gasteiger charge is -2.12. The van der Waals surface area contributed by atoms with E-state index in [0.717, 1.165) is 7.05 Å². The van der Waals surface area contributed by atoms with Crippen molar-refractivity contribution in [1.82, 2.24) is 5.01 Å². The summed E-state index contributed by atoms with van der Waals surface area (Å²) in [6.07, 6.45) is -7.62. The van der Waals surface area contributed by atoms with Crippen LogP contribution in [0.5, 0.6) is 0 Å². The van der Waals surface area contributed by atoms with Crippen LogP contribution in [0.15, 0.2) is 0 Å². The Morgan fingerprint density at radius 3 is 2.27 bits per heavy atom. The highest BCUT2D eigenvalue weighted by Gasteiger charge is 2.24. The van der Waals surface area contributed by atoms with Gasteiger partial charge in [0, 0.05) is 7.05 Å². The van der Waals surface area contributed by atoms with E-state index in [4.69, 9.17) is 5.84 Å². The molecular formula is C4H7F3N2O2. The molecule has 0 aromatic rings. The van der Waals surface area contributed by atoms with Gasteiger partial charge >= 0.3 is 18.9 Å². The van der Waals surface area contributed by atoms with Crippen molar-refractivity contribution >= 4 is 6.09 Å². The van der Waals surface area contributed by atoms with E-state index in [-0.39, 0.29) is 0 Å². The second-order valence-corrected chi connectivity index (χ2v) is 1.68. The van der Waals surface area contributed by atoms with Gasteiger partial charge in [-0.1, -0.05) is 0 Å². The normalized spacial score (nSPS) is 12.9. The van der Waals surface area contributed by atoms with E-state index in [0.29, 0.717) is 5.01 Å². The van der Waals surface area contributed by atoms with Crippen molar-refractivity contribution in [3.05, 3.63) is 0 Å². The maximum Gasteiger partial charge on any atom is 0.426 e. The number of hydrogen-bond acceptors (Lipinski definition) is 3. The summed E-state index contributed by atoms with van der Waals surface area (Å²) in [5.74, 6) is 4.73. The van der Waals surface area contributed by atoms with Gasteiger partial charge in [0.15, 0.2) is 0 Å². The van der Waals surface area contributed by atoms with E-state index in [2.05, 4.69) is 4.74 Å². The maximum atomic E-state index is 11.9. The van der Waals surface area contributed by atoms with Gasteiger partial charge < -0.3 is 4.74 Å². The molecule has 0 saturated heterocycles. The van der Waals surface area contributed by atoms with E-state index >= 15 is 0 Å². The molecule has 0 aromatic carbocycles. The fraction of sp³-hybridized carbons (Fsp3) is 0.750. The molecule has 0 fully saturated rings. The van der Waals surface area contributed by atoms with Gasteiger partial charge in [0.05, 0.1) is 0 Å². The van der Waals surface area contributed by atoms with Crippen LogP contribution in [0.1, 0.15) is 0 Å². The average Bonchev–Trinajstić information content (AvgIpc) is 1.87. The van der Waals surface area contributed by atoms with Gasteiger partial charge in [0.2, 0.25) is 0 Å². The molecule has 0 rings (SSSR count). The molecule has 11 heavy (non-hydrogen) atoms. The van der Waals surface area contributed by atoms with Crippen molar-refractivity contribution in [2.75, 3.05) is 7.05 Å². The van der Waals surface area contributed by atoms with Gasteiger partial charge in [-0.15, -0.1) is 0 Å². The van der Waals surface area contributed by atoms with Crippen LogP contribution >= 0.6 is 0 Å². The summed E-state index contributed by atoms with van der Waals surface area (Å²) in [5, 5.41) is 0.356. The number of halogens is 3. The SMILES string of the molecule is CN(N)C(=O)OC(F)C(F)F. The first-order chi connectivity index (χ1) is 4.95. The molecule has 2 N–H and O–H groups in total. The van der Waals surface area contributed by atoms with E-state index < -0.39 is 18.9 Å². The standard InChI is InChI=1S/C4H7F3N2O2/c1-9(8)4(10)11-3(7)2(5)6/h2-3H,8H2,1H3. The van der Waals surface area contributed by atoms with Crippen LogP contribution in [0.2, 0.25) is 0 Å². The zero-order valence-electron chi connectivity index (χ0n) is 5.63. The predicted octanol–water partition coefficient (Wildman–Crippen LogP) is 0.489. The molecular weight excluding hydrogens is 165 g/mol. The lowest BCUT2D eigenvalue weighted by atomic mass is 10.7. The molecule has 66 valence electrons. The summed E-state index contributed by atoms with van der Waals surface area (Å²) in [5.41, 5.74) is 0. The van der Waals surface area contributed by atoms with Crippen LogP contribution in [0.4, 0.5) is 18.0 Å². The van der Waals surface area contributed by atoms with Crippen molar-refractivity contribution in [2.45, 2.75) is 12.8 Å². The number of rotatable bonds is 2. The molecule has 4 nitrogen and oxygen atoms in total.